The second-order valence-corrected chi connectivity index (χ2v) is 6.86. The van der Waals surface area contributed by atoms with Gasteiger partial charge >= 0.3 is 0 Å². The van der Waals surface area contributed by atoms with Gasteiger partial charge in [0.2, 0.25) is 5.91 Å². The number of nitrogens with zero attached hydrogens (tertiary/aromatic N) is 1. The summed E-state index contributed by atoms with van der Waals surface area (Å²) >= 11 is 6.15. The highest BCUT2D eigenvalue weighted by atomic mass is 127. The van der Waals surface area contributed by atoms with E-state index in [1.807, 2.05) is 44.2 Å². The number of hydrogen-bond donors (Lipinski definition) is 3. The van der Waals surface area contributed by atoms with E-state index in [0.29, 0.717) is 49.4 Å². The van der Waals surface area contributed by atoms with Crippen molar-refractivity contribution in [3.63, 3.8) is 0 Å². The number of guanidine groups is 1. The lowest BCUT2D eigenvalue weighted by molar-refractivity contribution is -0.116. The lowest BCUT2D eigenvalue weighted by Gasteiger charge is -2.12. The molecular weight excluding hydrogens is 519 g/mol. The first-order chi connectivity index (χ1) is 14.1. The van der Waals surface area contributed by atoms with Crippen LogP contribution in [0.4, 0.5) is 5.69 Å². The average Bonchev–Trinajstić information content (AvgIpc) is 3.20. The standard InChI is InChI=1S/C21H29ClN4O3.HI/c1-3-23-21(24-10-5-12-28-15-17-6-4-13-29-17)25-11-9-20(27)26-19-8-7-16(2)14-18(19)22;/h4,6-8,13-14H,3,5,9-12,15H2,1-2H3,(H,26,27)(H2,23,24,25);1H. The largest absolute Gasteiger partial charge is 0.467 e. The van der Waals surface area contributed by atoms with Crippen molar-refractivity contribution in [1.82, 2.24) is 10.6 Å². The zero-order chi connectivity index (χ0) is 20.9. The lowest BCUT2D eigenvalue weighted by Crippen LogP contribution is -2.38. The molecule has 0 fully saturated rings. The number of aryl methyl sites for hydroxylation is 1. The molecule has 0 unspecified atom stereocenters. The second-order valence-electron chi connectivity index (χ2n) is 6.45. The molecule has 0 aliphatic heterocycles. The Labute approximate surface area is 200 Å². The van der Waals surface area contributed by atoms with Gasteiger partial charge in [0.25, 0.3) is 0 Å². The molecule has 9 heteroatoms. The normalized spacial score (nSPS) is 11.0. The Morgan fingerprint density at radius 3 is 2.80 bits per heavy atom. The van der Waals surface area contributed by atoms with Crippen LogP contribution in [0.3, 0.4) is 0 Å². The highest BCUT2D eigenvalue weighted by molar-refractivity contribution is 14.0. The molecule has 1 aromatic heterocycles. The van der Waals surface area contributed by atoms with Crippen molar-refractivity contribution in [3.05, 3.63) is 52.9 Å². The molecule has 1 amide bonds. The third-order valence-electron chi connectivity index (χ3n) is 3.93. The number of ether oxygens (including phenoxy) is 1. The highest BCUT2D eigenvalue weighted by Crippen LogP contribution is 2.22. The average molecular weight is 549 g/mol. The van der Waals surface area contributed by atoms with E-state index in [4.69, 9.17) is 20.8 Å². The van der Waals surface area contributed by atoms with Crippen molar-refractivity contribution in [2.24, 2.45) is 4.99 Å². The van der Waals surface area contributed by atoms with Crippen LogP contribution in [0.1, 0.15) is 31.1 Å². The number of rotatable bonds is 11. The van der Waals surface area contributed by atoms with Gasteiger partial charge in [-0.1, -0.05) is 17.7 Å². The Balaban J connectivity index is 0.00000450. The minimum atomic E-state index is -0.106. The van der Waals surface area contributed by atoms with Gasteiger partial charge in [-0.15, -0.1) is 24.0 Å². The Kier molecular flexibility index (Phi) is 13.2. The number of hydrogen-bond acceptors (Lipinski definition) is 4. The first-order valence-electron chi connectivity index (χ1n) is 9.76. The summed E-state index contributed by atoms with van der Waals surface area (Å²) in [6.45, 7) is 6.85. The van der Waals surface area contributed by atoms with Gasteiger partial charge in [-0.05, 0) is 50.1 Å². The van der Waals surface area contributed by atoms with E-state index in [0.717, 1.165) is 24.3 Å². The van der Waals surface area contributed by atoms with Crippen molar-refractivity contribution >= 4 is 53.1 Å². The molecule has 0 bridgehead atoms. The summed E-state index contributed by atoms with van der Waals surface area (Å²) in [6.07, 6.45) is 2.73. The molecule has 0 spiro atoms. The van der Waals surface area contributed by atoms with Gasteiger partial charge < -0.3 is 25.1 Å². The summed E-state index contributed by atoms with van der Waals surface area (Å²) in [7, 11) is 0. The monoisotopic (exact) mass is 548 g/mol. The molecule has 2 rings (SSSR count). The van der Waals surface area contributed by atoms with Crippen LogP contribution in [0.2, 0.25) is 5.02 Å². The number of furan rings is 1. The van der Waals surface area contributed by atoms with Crippen LogP contribution in [0.25, 0.3) is 0 Å². The molecule has 1 aromatic carbocycles. The van der Waals surface area contributed by atoms with E-state index in [-0.39, 0.29) is 29.9 Å². The number of halogens is 2. The van der Waals surface area contributed by atoms with E-state index >= 15 is 0 Å². The second kappa shape index (κ2) is 15.1. The molecule has 3 N–H and O–H groups in total. The van der Waals surface area contributed by atoms with Crippen LogP contribution >= 0.6 is 35.6 Å². The van der Waals surface area contributed by atoms with E-state index in [2.05, 4.69) is 20.9 Å². The summed E-state index contributed by atoms with van der Waals surface area (Å²) in [4.78, 5) is 16.6. The summed E-state index contributed by atoms with van der Waals surface area (Å²) in [5.74, 6) is 1.39. The van der Waals surface area contributed by atoms with Crippen molar-refractivity contribution < 1.29 is 13.9 Å². The maximum Gasteiger partial charge on any atom is 0.226 e. The predicted molar refractivity (Wildman–Crippen MR) is 132 cm³/mol. The molecule has 2 aromatic rings. The minimum Gasteiger partial charge on any atom is -0.467 e. The van der Waals surface area contributed by atoms with Gasteiger partial charge in [0.15, 0.2) is 5.96 Å². The van der Waals surface area contributed by atoms with E-state index in [1.54, 1.807) is 6.26 Å². The fourth-order valence-corrected chi connectivity index (χ4v) is 2.78. The van der Waals surface area contributed by atoms with Crippen LogP contribution < -0.4 is 16.0 Å². The number of nitrogens with one attached hydrogen (secondary N) is 3. The summed E-state index contributed by atoms with van der Waals surface area (Å²) in [5, 5.41) is 9.69. The fraction of sp³-hybridized carbons (Fsp3) is 0.429. The topological polar surface area (TPSA) is 87.9 Å². The van der Waals surface area contributed by atoms with Crippen LogP contribution in [0.5, 0.6) is 0 Å². The number of carbonyl (C=O) groups excluding carboxylic acids is 1. The smallest absolute Gasteiger partial charge is 0.226 e. The van der Waals surface area contributed by atoms with E-state index in [1.165, 1.54) is 0 Å². The SMILES string of the molecule is CCNC(=NCCCOCc1ccco1)NCCC(=O)Nc1ccc(C)cc1Cl.I. The minimum absolute atomic E-state index is 0. The number of anilines is 1. The lowest BCUT2D eigenvalue weighted by atomic mass is 10.2. The van der Waals surface area contributed by atoms with Crippen molar-refractivity contribution in [2.45, 2.75) is 33.3 Å². The Hall–Kier alpha value is -1.78. The Morgan fingerprint density at radius 2 is 2.10 bits per heavy atom. The van der Waals surface area contributed by atoms with Crippen molar-refractivity contribution in [3.8, 4) is 0 Å². The zero-order valence-electron chi connectivity index (χ0n) is 17.4. The highest BCUT2D eigenvalue weighted by Gasteiger charge is 2.06. The molecule has 0 saturated heterocycles. The van der Waals surface area contributed by atoms with Gasteiger partial charge in [-0.2, -0.15) is 0 Å². The van der Waals surface area contributed by atoms with Crippen molar-refractivity contribution in [2.75, 3.05) is 31.6 Å². The molecule has 1 heterocycles. The third-order valence-corrected chi connectivity index (χ3v) is 4.24. The van der Waals surface area contributed by atoms with Gasteiger partial charge in [-0.25, -0.2) is 0 Å². The van der Waals surface area contributed by atoms with Crippen molar-refractivity contribution in [1.29, 1.82) is 0 Å². The summed E-state index contributed by atoms with van der Waals surface area (Å²) in [5.41, 5.74) is 1.67. The van der Waals surface area contributed by atoms with E-state index < -0.39 is 0 Å². The van der Waals surface area contributed by atoms with Crippen LogP contribution in [-0.2, 0) is 16.1 Å². The maximum atomic E-state index is 12.1. The van der Waals surface area contributed by atoms with Crippen LogP contribution in [0.15, 0.2) is 46.0 Å². The van der Waals surface area contributed by atoms with Gasteiger partial charge in [0.1, 0.15) is 12.4 Å². The molecule has 0 aliphatic carbocycles. The number of carbonyl (C=O) groups is 1. The predicted octanol–water partition coefficient (Wildman–Crippen LogP) is 4.35. The molecule has 0 saturated carbocycles. The first kappa shape index (κ1) is 26.3. The van der Waals surface area contributed by atoms with Gasteiger partial charge in [-0.3, -0.25) is 9.79 Å². The molecule has 0 radical (unpaired) electrons. The van der Waals surface area contributed by atoms with E-state index in [9.17, 15) is 4.79 Å². The Morgan fingerprint density at radius 1 is 1.27 bits per heavy atom. The maximum absolute atomic E-state index is 12.1. The van der Waals surface area contributed by atoms with Gasteiger partial charge in [0, 0.05) is 32.7 Å². The fourth-order valence-electron chi connectivity index (χ4n) is 2.50. The molecule has 0 atom stereocenters. The molecule has 166 valence electrons. The van der Waals surface area contributed by atoms with Crippen LogP contribution in [0, 0.1) is 6.92 Å². The summed E-state index contributed by atoms with van der Waals surface area (Å²) in [6, 6.07) is 9.27. The summed E-state index contributed by atoms with van der Waals surface area (Å²) < 4.78 is 10.7. The number of amides is 1. The van der Waals surface area contributed by atoms with Gasteiger partial charge in [0.05, 0.1) is 17.0 Å². The molecular formula is C21H30ClIN4O3. The Bertz CT molecular complexity index is 785. The molecule has 7 nitrogen and oxygen atoms in total. The first-order valence-corrected chi connectivity index (χ1v) is 10.1. The number of benzene rings is 1. The molecule has 0 aliphatic rings. The number of aliphatic imine (C=N–C) groups is 1. The molecule has 30 heavy (non-hydrogen) atoms. The quantitative estimate of drug-likeness (QED) is 0.168. The zero-order valence-corrected chi connectivity index (χ0v) is 20.5. The third kappa shape index (κ3) is 10.3. The van der Waals surface area contributed by atoms with Crippen LogP contribution in [-0.4, -0.2) is 38.1 Å².